The van der Waals surface area contributed by atoms with Gasteiger partial charge in [-0.2, -0.15) is 0 Å². The van der Waals surface area contributed by atoms with Crippen molar-refractivity contribution in [2.45, 2.75) is 24.8 Å². The summed E-state index contributed by atoms with van der Waals surface area (Å²) in [6, 6.07) is 6.16. The highest BCUT2D eigenvalue weighted by Gasteiger charge is 2.38. The topological polar surface area (TPSA) is 63.2 Å². The minimum Gasteiger partial charge on any atom is -0.352 e. The summed E-state index contributed by atoms with van der Waals surface area (Å²) in [7, 11) is 1.53. The lowest BCUT2D eigenvalue weighted by Crippen LogP contribution is -2.24. The van der Waals surface area contributed by atoms with Gasteiger partial charge in [-0.25, -0.2) is 8.42 Å². The molecule has 1 amide bonds. The largest absolute Gasteiger partial charge is 0.352 e. The predicted molar refractivity (Wildman–Crippen MR) is 68.6 cm³/mol. The quantitative estimate of drug-likeness (QED) is 0.860. The summed E-state index contributed by atoms with van der Waals surface area (Å²) in [5.41, 5.74) is 0.848. The maximum Gasteiger partial charge on any atom is 0.261 e. The lowest BCUT2D eigenvalue weighted by Gasteiger charge is -2.05. The van der Waals surface area contributed by atoms with E-state index in [9.17, 15) is 13.2 Å². The first-order valence-electron chi connectivity index (χ1n) is 5.69. The van der Waals surface area contributed by atoms with E-state index in [1.807, 2.05) is 6.92 Å². The second-order valence-electron chi connectivity index (χ2n) is 4.62. The van der Waals surface area contributed by atoms with Crippen molar-refractivity contribution in [1.82, 2.24) is 5.32 Å². The van der Waals surface area contributed by atoms with Gasteiger partial charge in [-0.3, -0.25) is 4.79 Å². The number of nitrogens with one attached hydrogen (secondary N) is 1. The molecule has 1 aromatic rings. The Morgan fingerprint density at radius 2 is 1.94 bits per heavy atom. The fourth-order valence-corrected chi connectivity index (χ4v) is 2.55. The Bertz CT molecular complexity index is 553. The zero-order valence-corrected chi connectivity index (χ0v) is 11.5. The van der Waals surface area contributed by atoms with Gasteiger partial charge in [0.1, 0.15) is 0 Å². The first kappa shape index (κ1) is 13.4. The Morgan fingerprint density at radius 3 is 2.39 bits per heavy atom. The maximum atomic E-state index is 11.6. The smallest absolute Gasteiger partial charge is 0.261 e. The number of amides is 1. The van der Waals surface area contributed by atoms with E-state index < -0.39 is 9.05 Å². The van der Waals surface area contributed by atoms with Gasteiger partial charge in [-0.05, 0) is 30.0 Å². The molecule has 1 fully saturated rings. The molecule has 2 rings (SSSR count). The SMILES string of the molecule is CC1CC1C(=O)NCc1ccc(S(=O)(=O)Cl)cc1. The Labute approximate surface area is 111 Å². The fraction of sp³-hybridized carbons (Fsp3) is 0.417. The molecule has 0 heterocycles. The molecule has 0 aliphatic heterocycles. The van der Waals surface area contributed by atoms with Crippen LogP contribution < -0.4 is 5.32 Å². The van der Waals surface area contributed by atoms with Crippen LogP contribution in [0.25, 0.3) is 0 Å². The molecule has 2 unspecified atom stereocenters. The van der Waals surface area contributed by atoms with Crippen LogP contribution in [0.3, 0.4) is 0 Å². The van der Waals surface area contributed by atoms with Crippen LogP contribution in [-0.4, -0.2) is 14.3 Å². The molecule has 0 aromatic heterocycles. The van der Waals surface area contributed by atoms with Gasteiger partial charge >= 0.3 is 0 Å². The highest BCUT2D eigenvalue weighted by Crippen LogP contribution is 2.37. The molecule has 1 aliphatic carbocycles. The third-order valence-corrected chi connectivity index (χ3v) is 4.49. The van der Waals surface area contributed by atoms with Crippen LogP contribution in [0.4, 0.5) is 0 Å². The van der Waals surface area contributed by atoms with Gasteiger partial charge in [0.2, 0.25) is 5.91 Å². The highest BCUT2D eigenvalue weighted by atomic mass is 35.7. The molecule has 4 nitrogen and oxygen atoms in total. The van der Waals surface area contributed by atoms with Crippen LogP contribution in [0, 0.1) is 11.8 Å². The molecule has 0 spiro atoms. The standard InChI is InChI=1S/C12H14ClNO3S/c1-8-6-11(8)12(15)14-7-9-2-4-10(5-3-9)18(13,16)17/h2-5,8,11H,6-7H2,1H3,(H,14,15). The summed E-state index contributed by atoms with van der Waals surface area (Å²) in [6.07, 6.45) is 0.954. The van der Waals surface area contributed by atoms with Crippen molar-refractivity contribution in [3.05, 3.63) is 29.8 Å². The minimum atomic E-state index is -3.68. The Balaban J connectivity index is 1.93. The van der Waals surface area contributed by atoms with Crippen LogP contribution in [-0.2, 0) is 20.4 Å². The van der Waals surface area contributed by atoms with Crippen LogP contribution in [0.15, 0.2) is 29.2 Å². The molecule has 1 saturated carbocycles. The van der Waals surface area contributed by atoms with Gasteiger partial charge in [0.25, 0.3) is 9.05 Å². The van der Waals surface area contributed by atoms with Gasteiger partial charge in [-0.15, -0.1) is 0 Å². The maximum absolute atomic E-state index is 11.6. The summed E-state index contributed by atoms with van der Waals surface area (Å²) in [5.74, 6) is 0.692. The lowest BCUT2D eigenvalue weighted by atomic mass is 10.2. The number of carbonyl (C=O) groups excluding carboxylic acids is 1. The second-order valence-corrected chi connectivity index (χ2v) is 7.19. The van der Waals surface area contributed by atoms with E-state index >= 15 is 0 Å². The molecule has 6 heteroatoms. The molecule has 0 saturated heterocycles. The van der Waals surface area contributed by atoms with Crippen molar-refractivity contribution in [2.24, 2.45) is 11.8 Å². The highest BCUT2D eigenvalue weighted by molar-refractivity contribution is 8.13. The van der Waals surface area contributed by atoms with Gasteiger partial charge in [0.15, 0.2) is 0 Å². The van der Waals surface area contributed by atoms with Crippen molar-refractivity contribution in [3.8, 4) is 0 Å². The van der Waals surface area contributed by atoms with Gasteiger partial charge in [0, 0.05) is 23.1 Å². The van der Waals surface area contributed by atoms with Crippen molar-refractivity contribution >= 4 is 25.6 Å². The number of hydrogen-bond acceptors (Lipinski definition) is 3. The number of halogens is 1. The third kappa shape index (κ3) is 3.23. The molecule has 0 radical (unpaired) electrons. The summed E-state index contributed by atoms with van der Waals surface area (Å²) in [5, 5.41) is 2.83. The van der Waals surface area contributed by atoms with E-state index in [-0.39, 0.29) is 16.7 Å². The van der Waals surface area contributed by atoms with Crippen molar-refractivity contribution in [1.29, 1.82) is 0 Å². The summed E-state index contributed by atoms with van der Waals surface area (Å²) >= 11 is 0. The normalized spacial score (nSPS) is 22.6. The van der Waals surface area contributed by atoms with E-state index in [0.29, 0.717) is 12.5 Å². The Hall–Kier alpha value is -1.07. The third-order valence-electron chi connectivity index (χ3n) is 3.12. The summed E-state index contributed by atoms with van der Waals surface area (Å²) in [4.78, 5) is 11.7. The van der Waals surface area contributed by atoms with Crippen molar-refractivity contribution < 1.29 is 13.2 Å². The monoisotopic (exact) mass is 287 g/mol. The van der Waals surface area contributed by atoms with Crippen molar-refractivity contribution in [2.75, 3.05) is 0 Å². The average molecular weight is 288 g/mol. The van der Waals surface area contributed by atoms with E-state index in [1.165, 1.54) is 12.1 Å². The lowest BCUT2D eigenvalue weighted by molar-refractivity contribution is -0.122. The summed E-state index contributed by atoms with van der Waals surface area (Å²) < 4.78 is 22.1. The number of rotatable bonds is 4. The second kappa shape index (κ2) is 4.90. The zero-order chi connectivity index (χ0) is 13.3. The van der Waals surface area contributed by atoms with Gasteiger partial charge < -0.3 is 5.32 Å². The van der Waals surface area contributed by atoms with E-state index in [1.54, 1.807) is 12.1 Å². The molecular weight excluding hydrogens is 274 g/mol. The molecule has 1 aliphatic rings. The average Bonchev–Trinajstić information content (AvgIpc) is 3.03. The van der Waals surface area contributed by atoms with E-state index in [0.717, 1.165) is 12.0 Å². The molecule has 2 atom stereocenters. The minimum absolute atomic E-state index is 0.0649. The molecule has 98 valence electrons. The molecular formula is C12H14ClNO3S. The van der Waals surface area contributed by atoms with Crippen LogP contribution in [0.2, 0.25) is 0 Å². The number of benzene rings is 1. The van der Waals surface area contributed by atoms with E-state index in [2.05, 4.69) is 5.32 Å². The molecule has 0 bridgehead atoms. The molecule has 1 aromatic carbocycles. The number of hydrogen-bond donors (Lipinski definition) is 1. The molecule has 1 N–H and O–H groups in total. The summed E-state index contributed by atoms with van der Waals surface area (Å²) in [6.45, 7) is 2.45. The Morgan fingerprint density at radius 1 is 1.39 bits per heavy atom. The first-order valence-corrected chi connectivity index (χ1v) is 8.00. The number of carbonyl (C=O) groups is 1. The Kier molecular flexibility index (Phi) is 3.64. The van der Waals surface area contributed by atoms with Crippen LogP contribution in [0.1, 0.15) is 18.9 Å². The van der Waals surface area contributed by atoms with Gasteiger partial charge in [-0.1, -0.05) is 19.1 Å². The van der Waals surface area contributed by atoms with E-state index in [4.69, 9.17) is 10.7 Å². The first-order chi connectivity index (χ1) is 8.38. The molecule has 18 heavy (non-hydrogen) atoms. The van der Waals surface area contributed by atoms with Crippen molar-refractivity contribution in [3.63, 3.8) is 0 Å². The van der Waals surface area contributed by atoms with Crippen LogP contribution >= 0.6 is 10.7 Å². The predicted octanol–water partition coefficient (Wildman–Crippen LogP) is 1.89. The van der Waals surface area contributed by atoms with Gasteiger partial charge in [0.05, 0.1) is 4.90 Å². The zero-order valence-electron chi connectivity index (χ0n) is 9.89. The fourth-order valence-electron chi connectivity index (χ4n) is 1.78. The van der Waals surface area contributed by atoms with Crippen LogP contribution in [0.5, 0.6) is 0 Å².